The highest BCUT2D eigenvalue weighted by Crippen LogP contribution is 2.28. The average Bonchev–Trinajstić information content (AvgIpc) is 2.38. The van der Waals surface area contributed by atoms with Gasteiger partial charge in [-0.3, -0.25) is 0 Å². The van der Waals surface area contributed by atoms with E-state index in [0.717, 1.165) is 16.1 Å². The maximum atomic E-state index is 13.8. The molecule has 3 nitrogen and oxygen atoms in total. The summed E-state index contributed by atoms with van der Waals surface area (Å²) in [5, 5.41) is 5.60. The fourth-order valence-corrected chi connectivity index (χ4v) is 2.29. The Bertz CT molecular complexity index is 632. The summed E-state index contributed by atoms with van der Waals surface area (Å²) in [7, 11) is 0. The molecule has 0 fully saturated rings. The Morgan fingerprint density at radius 2 is 1.85 bits per heavy atom. The zero-order valence-corrected chi connectivity index (χ0v) is 12.7. The monoisotopic (exact) mass is 341 g/mol. The molecular weight excluding hydrogens is 328 g/mol. The Labute approximate surface area is 124 Å². The van der Waals surface area contributed by atoms with Crippen molar-refractivity contribution in [1.29, 1.82) is 0 Å². The van der Waals surface area contributed by atoms with Crippen molar-refractivity contribution in [2.75, 3.05) is 17.2 Å². The smallest absolute Gasteiger partial charge is 0.169 e. The summed E-state index contributed by atoms with van der Waals surface area (Å²) < 4.78 is 28.0. The molecule has 0 spiro atoms. The minimum atomic E-state index is -0.739. The number of rotatable bonds is 4. The molecular formula is C14H14BrF2N3. The van der Waals surface area contributed by atoms with Crippen molar-refractivity contribution in [1.82, 2.24) is 4.98 Å². The van der Waals surface area contributed by atoms with Crippen LogP contribution in [-0.4, -0.2) is 11.5 Å². The molecule has 1 heterocycles. The highest BCUT2D eigenvalue weighted by Gasteiger charge is 2.12. The van der Waals surface area contributed by atoms with Crippen molar-refractivity contribution < 1.29 is 8.78 Å². The second-order valence-corrected chi connectivity index (χ2v) is 5.14. The quantitative estimate of drug-likeness (QED) is 0.852. The molecule has 0 aliphatic rings. The van der Waals surface area contributed by atoms with Gasteiger partial charge in [0, 0.05) is 17.1 Å². The largest absolute Gasteiger partial charge is 0.368 e. The van der Waals surface area contributed by atoms with E-state index in [4.69, 9.17) is 0 Å². The molecule has 0 aliphatic heterocycles. The lowest BCUT2D eigenvalue weighted by molar-refractivity contribution is 0.579. The lowest BCUT2D eigenvalue weighted by Gasteiger charge is -2.12. The van der Waals surface area contributed by atoms with Crippen molar-refractivity contribution in [2.24, 2.45) is 0 Å². The second-order valence-electron chi connectivity index (χ2n) is 4.29. The van der Waals surface area contributed by atoms with Crippen LogP contribution in [0.4, 0.5) is 26.1 Å². The van der Waals surface area contributed by atoms with Crippen LogP contribution in [0.25, 0.3) is 0 Å². The summed E-state index contributed by atoms with van der Waals surface area (Å²) in [6.07, 6.45) is 0. The van der Waals surface area contributed by atoms with Crippen LogP contribution >= 0.6 is 15.9 Å². The van der Waals surface area contributed by atoms with E-state index in [9.17, 15) is 8.78 Å². The molecule has 6 heteroatoms. The Morgan fingerprint density at radius 3 is 2.50 bits per heavy atom. The van der Waals surface area contributed by atoms with Gasteiger partial charge in [-0.2, -0.15) is 0 Å². The summed E-state index contributed by atoms with van der Waals surface area (Å²) in [4.78, 5) is 3.93. The third kappa shape index (κ3) is 3.25. The fraction of sp³-hybridized carbons (Fsp3) is 0.214. The van der Waals surface area contributed by atoms with Crippen LogP contribution in [0.3, 0.4) is 0 Å². The van der Waals surface area contributed by atoms with Crippen LogP contribution in [0.5, 0.6) is 0 Å². The van der Waals surface area contributed by atoms with E-state index in [2.05, 4.69) is 31.5 Å². The first-order valence-electron chi connectivity index (χ1n) is 6.14. The molecule has 0 saturated heterocycles. The molecule has 2 N–H and O–H groups in total. The lowest BCUT2D eigenvalue weighted by atomic mass is 10.2. The van der Waals surface area contributed by atoms with Crippen molar-refractivity contribution in [3.63, 3.8) is 0 Å². The Hall–Kier alpha value is -1.69. The van der Waals surface area contributed by atoms with E-state index in [1.165, 1.54) is 0 Å². The molecule has 2 aromatic rings. The summed E-state index contributed by atoms with van der Waals surface area (Å²) >= 11 is 3.39. The van der Waals surface area contributed by atoms with Gasteiger partial charge in [0.1, 0.15) is 0 Å². The minimum absolute atomic E-state index is 0.0214. The number of hydrogen-bond acceptors (Lipinski definition) is 3. The summed E-state index contributed by atoms with van der Waals surface area (Å²) in [6, 6.07) is 6.40. The molecule has 1 aromatic heterocycles. The van der Waals surface area contributed by atoms with Gasteiger partial charge in [-0.25, -0.2) is 13.8 Å². The fourth-order valence-electron chi connectivity index (χ4n) is 1.69. The van der Waals surface area contributed by atoms with Crippen molar-refractivity contribution in [3.05, 3.63) is 45.9 Å². The molecule has 106 valence electrons. The summed E-state index contributed by atoms with van der Waals surface area (Å²) in [5.74, 6) is -1.44. The third-order valence-corrected chi connectivity index (χ3v) is 3.31. The normalized spacial score (nSPS) is 10.4. The van der Waals surface area contributed by atoms with E-state index in [-0.39, 0.29) is 11.6 Å². The lowest BCUT2D eigenvalue weighted by Crippen LogP contribution is -2.06. The second kappa shape index (κ2) is 6.17. The number of pyridine rings is 1. The predicted molar refractivity (Wildman–Crippen MR) is 80.5 cm³/mol. The van der Waals surface area contributed by atoms with Crippen LogP contribution in [0.1, 0.15) is 12.5 Å². The van der Waals surface area contributed by atoms with Gasteiger partial charge in [0.05, 0.1) is 5.69 Å². The number of aromatic nitrogens is 1. The maximum absolute atomic E-state index is 13.8. The van der Waals surface area contributed by atoms with Gasteiger partial charge in [0.2, 0.25) is 0 Å². The Balaban J connectivity index is 2.35. The molecule has 0 bridgehead atoms. The Morgan fingerprint density at radius 1 is 1.15 bits per heavy atom. The zero-order valence-electron chi connectivity index (χ0n) is 11.1. The molecule has 0 aliphatic carbocycles. The number of aryl methyl sites for hydroxylation is 1. The van der Waals surface area contributed by atoms with Gasteiger partial charge in [-0.05, 0) is 47.5 Å². The molecule has 0 radical (unpaired) electrons. The van der Waals surface area contributed by atoms with Crippen LogP contribution in [0.15, 0.2) is 28.7 Å². The van der Waals surface area contributed by atoms with E-state index in [0.29, 0.717) is 12.2 Å². The number of hydrogen-bond donors (Lipinski definition) is 2. The van der Waals surface area contributed by atoms with Gasteiger partial charge in [-0.15, -0.1) is 0 Å². The first-order chi connectivity index (χ1) is 9.51. The minimum Gasteiger partial charge on any atom is -0.368 e. The van der Waals surface area contributed by atoms with E-state index in [1.807, 2.05) is 26.0 Å². The first-order valence-corrected chi connectivity index (χ1v) is 6.93. The Kier molecular flexibility index (Phi) is 4.54. The van der Waals surface area contributed by atoms with Crippen LogP contribution in [0, 0.1) is 18.6 Å². The predicted octanol–water partition coefficient (Wildman–Crippen LogP) is 4.61. The number of anilines is 3. The van der Waals surface area contributed by atoms with Crippen molar-refractivity contribution >= 4 is 33.3 Å². The van der Waals surface area contributed by atoms with Gasteiger partial charge in [0.25, 0.3) is 0 Å². The molecule has 2 rings (SSSR count). The highest BCUT2D eigenvalue weighted by molar-refractivity contribution is 9.10. The molecule has 0 amide bonds. The summed E-state index contributed by atoms with van der Waals surface area (Å²) in [6.45, 7) is 4.27. The molecule has 0 unspecified atom stereocenters. The molecule has 0 saturated carbocycles. The zero-order chi connectivity index (χ0) is 14.7. The third-order valence-electron chi connectivity index (χ3n) is 2.65. The van der Waals surface area contributed by atoms with E-state index in [1.54, 1.807) is 6.07 Å². The van der Waals surface area contributed by atoms with Crippen molar-refractivity contribution in [2.45, 2.75) is 13.8 Å². The number of nitrogens with zero attached hydrogens (tertiary/aromatic N) is 1. The SMILES string of the molecule is CCNc1nc(Nc2ccc(C)cc2Br)c(F)cc1F. The topological polar surface area (TPSA) is 37.0 Å². The number of nitrogens with one attached hydrogen (secondary N) is 2. The highest BCUT2D eigenvalue weighted by atomic mass is 79.9. The standard InChI is InChI=1S/C14H14BrF2N3/c1-3-18-13-10(16)7-11(17)14(20-13)19-12-5-4-8(2)6-9(12)15/h4-7H,3H2,1-2H3,(H2,18,19,20). The van der Waals surface area contributed by atoms with Crippen molar-refractivity contribution in [3.8, 4) is 0 Å². The van der Waals surface area contributed by atoms with Gasteiger partial charge in [-0.1, -0.05) is 6.07 Å². The number of benzene rings is 1. The molecule has 0 atom stereocenters. The van der Waals surface area contributed by atoms with Crippen LogP contribution < -0.4 is 10.6 Å². The summed E-state index contributed by atoms with van der Waals surface area (Å²) in [5.41, 5.74) is 1.74. The average molecular weight is 342 g/mol. The van der Waals surface area contributed by atoms with E-state index >= 15 is 0 Å². The molecule has 1 aromatic carbocycles. The van der Waals surface area contributed by atoms with E-state index < -0.39 is 11.6 Å². The first kappa shape index (κ1) is 14.7. The molecule has 20 heavy (non-hydrogen) atoms. The van der Waals surface area contributed by atoms with Gasteiger partial charge < -0.3 is 10.6 Å². The number of halogens is 3. The van der Waals surface area contributed by atoms with Crippen LogP contribution in [-0.2, 0) is 0 Å². The van der Waals surface area contributed by atoms with Gasteiger partial charge >= 0.3 is 0 Å². The van der Waals surface area contributed by atoms with Crippen LogP contribution in [0.2, 0.25) is 0 Å². The maximum Gasteiger partial charge on any atom is 0.169 e. The van der Waals surface area contributed by atoms with Gasteiger partial charge in [0.15, 0.2) is 23.3 Å².